The summed E-state index contributed by atoms with van der Waals surface area (Å²) in [6.07, 6.45) is 3.59. The highest BCUT2D eigenvalue weighted by Crippen LogP contribution is 2.37. The van der Waals surface area contributed by atoms with Crippen molar-refractivity contribution in [1.82, 2.24) is 9.38 Å². The maximum absolute atomic E-state index is 12.7. The summed E-state index contributed by atoms with van der Waals surface area (Å²) >= 11 is 8.74. The maximum atomic E-state index is 12.7. The minimum absolute atomic E-state index is 0.235. The van der Waals surface area contributed by atoms with Crippen LogP contribution in [0.25, 0.3) is 16.1 Å². The number of benzene rings is 1. The molecule has 3 heterocycles. The van der Waals surface area contributed by atoms with E-state index in [-0.39, 0.29) is 18.2 Å². The Labute approximate surface area is 179 Å². The summed E-state index contributed by atoms with van der Waals surface area (Å²) in [5.41, 5.74) is 2.10. The van der Waals surface area contributed by atoms with Gasteiger partial charge in [0.25, 0.3) is 5.91 Å². The largest absolute Gasteiger partial charge is 0.462 e. The zero-order chi connectivity index (χ0) is 20.5. The van der Waals surface area contributed by atoms with E-state index in [1.54, 1.807) is 25.3 Å². The van der Waals surface area contributed by atoms with Gasteiger partial charge in [-0.1, -0.05) is 23.7 Å². The van der Waals surface area contributed by atoms with Crippen molar-refractivity contribution in [1.29, 1.82) is 0 Å². The van der Waals surface area contributed by atoms with Gasteiger partial charge in [0.15, 0.2) is 4.96 Å². The Kier molecular flexibility index (Phi) is 5.40. The Morgan fingerprint density at radius 3 is 2.69 bits per heavy atom. The summed E-state index contributed by atoms with van der Waals surface area (Å²) in [5, 5.41) is 5.66. The fraction of sp³-hybridized carbons (Fsp3) is 0.150. The Morgan fingerprint density at radius 2 is 2.00 bits per heavy atom. The van der Waals surface area contributed by atoms with E-state index >= 15 is 0 Å². The van der Waals surface area contributed by atoms with Crippen molar-refractivity contribution in [3.8, 4) is 11.1 Å². The lowest BCUT2D eigenvalue weighted by Crippen LogP contribution is -2.15. The molecule has 0 aliphatic carbocycles. The topological polar surface area (TPSA) is 72.7 Å². The van der Waals surface area contributed by atoms with Crippen molar-refractivity contribution in [2.45, 2.75) is 13.8 Å². The summed E-state index contributed by atoms with van der Waals surface area (Å²) in [5.74, 6) is -0.871. The monoisotopic (exact) mass is 445 g/mol. The number of carbonyl (C=O) groups excluding carboxylic acids is 2. The van der Waals surface area contributed by atoms with Crippen LogP contribution < -0.4 is 5.32 Å². The van der Waals surface area contributed by atoms with E-state index in [2.05, 4.69) is 10.3 Å². The van der Waals surface area contributed by atoms with Crippen LogP contribution in [0.1, 0.15) is 32.6 Å². The minimum atomic E-state index is -0.490. The van der Waals surface area contributed by atoms with Gasteiger partial charge in [0, 0.05) is 33.2 Å². The van der Waals surface area contributed by atoms with E-state index in [0.29, 0.717) is 21.2 Å². The summed E-state index contributed by atoms with van der Waals surface area (Å²) in [6.45, 7) is 3.96. The standard InChI is InChI=1S/C20H16ClN3O3S2/c1-3-27-19(26)16-14(12-4-6-13(21)7-5-12)10-28-18(16)23-17(25)15-9-24-8-11(2)29-20(24)22-15/h4-10H,3H2,1-2H3,(H,23,25). The van der Waals surface area contributed by atoms with Gasteiger partial charge >= 0.3 is 5.97 Å². The third-order valence-electron chi connectivity index (χ3n) is 4.16. The second-order valence-electron chi connectivity index (χ2n) is 6.19. The average molecular weight is 446 g/mol. The summed E-state index contributed by atoms with van der Waals surface area (Å²) < 4.78 is 7.04. The van der Waals surface area contributed by atoms with E-state index in [4.69, 9.17) is 16.3 Å². The number of thiophene rings is 1. The van der Waals surface area contributed by atoms with Gasteiger partial charge in [-0.15, -0.1) is 22.7 Å². The second kappa shape index (κ2) is 7.98. The Bertz CT molecular complexity index is 1180. The number of nitrogens with zero attached hydrogens (tertiary/aromatic N) is 2. The first kappa shape index (κ1) is 19.6. The van der Waals surface area contributed by atoms with Gasteiger partial charge in [0.2, 0.25) is 0 Å². The highest BCUT2D eigenvalue weighted by Gasteiger charge is 2.24. The molecule has 3 aromatic heterocycles. The maximum Gasteiger partial charge on any atom is 0.341 e. The lowest BCUT2D eigenvalue weighted by atomic mass is 10.0. The van der Waals surface area contributed by atoms with Crippen molar-refractivity contribution in [3.63, 3.8) is 0 Å². The summed E-state index contributed by atoms with van der Waals surface area (Å²) in [6, 6.07) is 7.15. The van der Waals surface area contributed by atoms with Gasteiger partial charge in [0.05, 0.1) is 6.61 Å². The lowest BCUT2D eigenvalue weighted by molar-refractivity contribution is 0.0529. The molecule has 0 saturated carbocycles. The number of hydrogen-bond donors (Lipinski definition) is 1. The molecule has 4 rings (SSSR count). The summed E-state index contributed by atoms with van der Waals surface area (Å²) in [4.78, 5) is 31.6. The van der Waals surface area contributed by atoms with Gasteiger partial charge in [-0.3, -0.25) is 9.20 Å². The normalized spacial score (nSPS) is 11.0. The number of carbonyl (C=O) groups is 2. The van der Waals surface area contributed by atoms with Crippen molar-refractivity contribution < 1.29 is 14.3 Å². The fourth-order valence-corrected chi connectivity index (χ4v) is 4.77. The molecule has 0 atom stereocenters. The van der Waals surface area contributed by atoms with Gasteiger partial charge in [-0.2, -0.15) is 0 Å². The molecule has 0 radical (unpaired) electrons. The van der Waals surface area contributed by atoms with Gasteiger partial charge < -0.3 is 10.1 Å². The number of rotatable bonds is 5. The van der Waals surface area contributed by atoms with Gasteiger partial charge in [-0.25, -0.2) is 9.78 Å². The molecule has 4 aromatic rings. The zero-order valence-electron chi connectivity index (χ0n) is 15.6. The van der Waals surface area contributed by atoms with E-state index in [1.165, 1.54) is 22.7 Å². The number of hydrogen-bond acceptors (Lipinski definition) is 6. The number of aryl methyl sites for hydroxylation is 1. The van der Waals surface area contributed by atoms with Crippen molar-refractivity contribution in [2.24, 2.45) is 0 Å². The van der Waals surface area contributed by atoms with Crippen LogP contribution >= 0.6 is 34.3 Å². The number of imidazole rings is 1. The molecule has 1 amide bonds. The molecular weight excluding hydrogens is 430 g/mol. The first-order chi connectivity index (χ1) is 14.0. The Hall–Kier alpha value is -2.68. The van der Waals surface area contributed by atoms with E-state index < -0.39 is 5.97 Å². The van der Waals surface area contributed by atoms with Crippen LogP contribution in [0.3, 0.4) is 0 Å². The van der Waals surface area contributed by atoms with Crippen LogP contribution in [0.15, 0.2) is 42.0 Å². The summed E-state index contributed by atoms with van der Waals surface area (Å²) in [7, 11) is 0. The molecule has 0 fully saturated rings. The van der Waals surface area contributed by atoms with Crippen LogP contribution in [0, 0.1) is 6.92 Å². The number of thiazole rings is 1. The van der Waals surface area contributed by atoms with Gasteiger partial charge in [0.1, 0.15) is 16.3 Å². The van der Waals surface area contributed by atoms with Crippen LogP contribution in [0.5, 0.6) is 0 Å². The third-order valence-corrected chi connectivity index (χ3v) is 6.22. The highest BCUT2D eigenvalue weighted by atomic mass is 35.5. The number of nitrogens with one attached hydrogen (secondary N) is 1. The molecule has 0 aliphatic heterocycles. The molecule has 9 heteroatoms. The molecule has 0 saturated heterocycles. The number of halogens is 1. The van der Waals surface area contributed by atoms with Crippen LogP contribution in [0.4, 0.5) is 5.00 Å². The number of ether oxygens (including phenoxy) is 1. The first-order valence-electron chi connectivity index (χ1n) is 8.77. The SMILES string of the molecule is CCOC(=O)c1c(-c2ccc(Cl)cc2)csc1NC(=O)c1cn2cc(C)sc2n1. The molecule has 1 N–H and O–H groups in total. The number of esters is 1. The van der Waals surface area contributed by atoms with Crippen LogP contribution in [-0.2, 0) is 4.74 Å². The number of aromatic nitrogens is 2. The highest BCUT2D eigenvalue weighted by molar-refractivity contribution is 7.17. The second-order valence-corrected chi connectivity index (χ2v) is 8.72. The smallest absolute Gasteiger partial charge is 0.341 e. The van der Waals surface area contributed by atoms with Crippen molar-refractivity contribution >= 4 is 56.1 Å². The molecule has 148 valence electrons. The quantitative estimate of drug-likeness (QED) is 0.411. The zero-order valence-corrected chi connectivity index (χ0v) is 18.0. The molecular formula is C20H16ClN3O3S2. The fourth-order valence-electron chi connectivity index (χ4n) is 2.89. The van der Waals surface area contributed by atoms with E-state index in [0.717, 1.165) is 15.4 Å². The first-order valence-corrected chi connectivity index (χ1v) is 10.8. The Morgan fingerprint density at radius 1 is 1.24 bits per heavy atom. The average Bonchev–Trinajstić information content (AvgIpc) is 3.35. The predicted octanol–water partition coefficient (Wildman–Crippen LogP) is 5.52. The molecule has 6 nitrogen and oxygen atoms in total. The van der Waals surface area contributed by atoms with Crippen LogP contribution in [-0.4, -0.2) is 27.9 Å². The third kappa shape index (κ3) is 3.91. The number of anilines is 1. The number of fused-ring (bicyclic) bond motifs is 1. The number of amides is 1. The molecule has 0 bridgehead atoms. The van der Waals surface area contributed by atoms with Crippen molar-refractivity contribution in [2.75, 3.05) is 11.9 Å². The minimum Gasteiger partial charge on any atom is -0.462 e. The molecule has 0 spiro atoms. The van der Waals surface area contributed by atoms with Crippen LogP contribution in [0.2, 0.25) is 5.02 Å². The lowest BCUT2D eigenvalue weighted by Gasteiger charge is -2.08. The molecule has 0 aliphatic rings. The van der Waals surface area contributed by atoms with Crippen molar-refractivity contribution in [3.05, 3.63) is 63.2 Å². The van der Waals surface area contributed by atoms with E-state index in [1.807, 2.05) is 35.0 Å². The molecule has 29 heavy (non-hydrogen) atoms. The Balaban J connectivity index is 1.68. The predicted molar refractivity (Wildman–Crippen MR) is 116 cm³/mol. The van der Waals surface area contributed by atoms with Gasteiger partial charge in [-0.05, 0) is 31.5 Å². The molecule has 1 aromatic carbocycles. The van der Waals surface area contributed by atoms with E-state index in [9.17, 15) is 9.59 Å². The molecule has 0 unspecified atom stereocenters.